The summed E-state index contributed by atoms with van der Waals surface area (Å²) < 4.78 is 0. The first-order valence-electron chi connectivity index (χ1n) is 24.0. The van der Waals surface area contributed by atoms with E-state index in [-0.39, 0.29) is 10.8 Å². The minimum absolute atomic E-state index is 0.144. The van der Waals surface area contributed by atoms with E-state index in [4.69, 9.17) is 0 Å². The average molecular weight is 877 g/mol. The summed E-state index contributed by atoms with van der Waals surface area (Å²) in [6.45, 7) is 13.6. The zero-order valence-electron chi connectivity index (χ0n) is 39.8. The molecule has 0 N–H and O–H groups in total. The summed E-state index contributed by atoms with van der Waals surface area (Å²) in [5.74, 6) is 0. The number of fused-ring (bicyclic) bond motifs is 6. The lowest BCUT2D eigenvalue weighted by Gasteiger charge is -2.31. The second kappa shape index (κ2) is 17.0. The number of nitrogens with zero attached hydrogens (tertiary/aromatic N) is 2. The molecule has 0 spiro atoms. The number of hydrogen-bond acceptors (Lipinski definition) is 2. The maximum Gasteiger partial charge on any atom is 0.0482 e. The normalized spacial score (nSPS) is 13.9. The first kappa shape index (κ1) is 42.7. The molecule has 0 aliphatic heterocycles. The topological polar surface area (TPSA) is 6.48 Å². The van der Waals surface area contributed by atoms with E-state index in [1.165, 1.54) is 77.9 Å². The molecule has 9 aromatic rings. The van der Waals surface area contributed by atoms with E-state index in [1.807, 2.05) is 0 Å². The molecule has 0 atom stereocenters. The Kier molecular flexibility index (Phi) is 10.7. The summed E-state index contributed by atoms with van der Waals surface area (Å²) >= 11 is 0. The van der Waals surface area contributed by atoms with Gasteiger partial charge in [0.15, 0.2) is 0 Å². The molecule has 0 bridgehead atoms. The monoisotopic (exact) mass is 876 g/mol. The van der Waals surface area contributed by atoms with Gasteiger partial charge in [-0.2, -0.15) is 0 Å². The predicted molar refractivity (Wildman–Crippen MR) is 291 cm³/mol. The van der Waals surface area contributed by atoms with Crippen molar-refractivity contribution in [2.24, 2.45) is 0 Å². The number of rotatable bonds is 10. The quantitative estimate of drug-likeness (QED) is 0.135. The van der Waals surface area contributed by atoms with E-state index >= 15 is 0 Å². The van der Waals surface area contributed by atoms with Crippen LogP contribution in [0.4, 0.5) is 34.1 Å². The molecule has 2 aliphatic rings. The fraction of sp³-hybridized carbons (Fsp3) is 0.121. The van der Waals surface area contributed by atoms with Crippen molar-refractivity contribution in [3.63, 3.8) is 0 Å². The second-order valence-corrected chi connectivity index (χ2v) is 19.3. The Morgan fingerprint density at radius 3 is 1.09 bits per heavy atom. The van der Waals surface area contributed by atoms with Crippen LogP contribution >= 0.6 is 0 Å². The summed E-state index contributed by atoms with van der Waals surface area (Å²) in [6.07, 6.45) is 8.50. The van der Waals surface area contributed by atoms with Crippen molar-refractivity contribution in [2.45, 2.75) is 52.4 Å². The maximum atomic E-state index is 2.43. The van der Waals surface area contributed by atoms with Crippen molar-refractivity contribution in [1.29, 1.82) is 0 Å². The summed E-state index contributed by atoms with van der Waals surface area (Å²) in [6, 6.07) is 76.7. The Balaban J connectivity index is 1.06. The molecule has 68 heavy (non-hydrogen) atoms. The van der Waals surface area contributed by atoms with Gasteiger partial charge in [-0.05, 0) is 171 Å². The van der Waals surface area contributed by atoms with Gasteiger partial charge in [0, 0.05) is 45.0 Å². The van der Waals surface area contributed by atoms with E-state index in [1.54, 1.807) is 0 Å². The Labute approximate surface area is 402 Å². The third-order valence-corrected chi connectivity index (χ3v) is 14.4. The number of allylic oxidation sites excluding steroid dienone is 2. The summed E-state index contributed by atoms with van der Waals surface area (Å²) in [5, 5.41) is 0. The molecule has 0 heterocycles. The first-order chi connectivity index (χ1) is 33.1. The highest BCUT2D eigenvalue weighted by Gasteiger charge is 2.37. The van der Waals surface area contributed by atoms with Gasteiger partial charge in [0.1, 0.15) is 0 Å². The molecule has 0 fully saturated rings. The van der Waals surface area contributed by atoms with Gasteiger partial charge < -0.3 is 9.80 Å². The molecule has 9 aromatic carbocycles. The van der Waals surface area contributed by atoms with Crippen molar-refractivity contribution in [1.82, 2.24) is 0 Å². The molecule has 0 radical (unpaired) electrons. The van der Waals surface area contributed by atoms with Crippen LogP contribution < -0.4 is 9.80 Å². The van der Waals surface area contributed by atoms with Crippen LogP contribution in [0.3, 0.4) is 0 Å². The fourth-order valence-corrected chi connectivity index (χ4v) is 11.0. The van der Waals surface area contributed by atoms with Crippen LogP contribution in [-0.4, -0.2) is 0 Å². The van der Waals surface area contributed by atoms with Crippen LogP contribution in [0.5, 0.6) is 0 Å². The number of anilines is 6. The number of benzene rings is 9. The van der Waals surface area contributed by atoms with E-state index < -0.39 is 0 Å². The minimum atomic E-state index is -0.144. The minimum Gasteiger partial charge on any atom is -0.310 e. The van der Waals surface area contributed by atoms with Crippen LogP contribution in [0, 0.1) is 0 Å². The van der Waals surface area contributed by atoms with Gasteiger partial charge in [0.25, 0.3) is 0 Å². The van der Waals surface area contributed by atoms with Crippen LogP contribution in [0.2, 0.25) is 0 Å². The van der Waals surface area contributed by atoms with Crippen LogP contribution in [0.25, 0.3) is 56.7 Å². The van der Waals surface area contributed by atoms with Crippen molar-refractivity contribution >= 4 is 46.3 Å². The molecule has 2 aliphatic carbocycles. The van der Waals surface area contributed by atoms with Gasteiger partial charge in [-0.15, -0.1) is 0 Å². The van der Waals surface area contributed by atoms with Crippen LogP contribution in [-0.2, 0) is 10.8 Å². The van der Waals surface area contributed by atoms with Crippen LogP contribution in [0.1, 0.15) is 74.9 Å². The average Bonchev–Trinajstić information content (AvgIpc) is 3.74. The standard InChI is InChI=1S/C66H56N2/c1-7-16-45-18-13-20-49(40-45)47-28-32-51(33-29-47)67(55-36-38-59-57-24-9-11-26-61(57)65(3,4)63(59)43-55)53-22-15-23-54(42-53)68(52-34-30-48(31-35-52)50-21-14-19-46(41-50)17-8-2)56-37-39-60-58-25-10-12-27-62(58)66(5,6)64(60)44-56/h7-44H,1-6H3/b16-7+,17-8+. The van der Waals surface area contributed by atoms with Crippen molar-refractivity contribution in [2.75, 3.05) is 9.80 Å². The Bertz CT molecular complexity index is 3190. The van der Waals surface area contributed by atoms with Gasteiger partial charge in [-0.1, -0.05) is 179 Å². The SMILES string of the molecule is C/C=C/c1cccc(-c2ccc(N(c3cccc(N(c4ccc(-c5cccc(/C=C/C)c5)cc4)c4ccc5c(c4)C(C)(C)c4ccccc4-5)c3)c3ccc4c(c3)C(C)(C)c3ccccc3-4)cc2)c1. The Morgan fingerprint density at radius 1 is 0.294 bits per heavy atom. The second-order valence-electron chi connectivity index (χ2n) is 19.3. The van der Waals surface area contributed by atoms with E-state index in [2.05, 4.69) is 282 Å². The van der Waals surface area contributed by atoms with Crippen molar-refractivity contribution in [3.8, 4) is 44.5 Å². The van der Waals surface area contributed by atoms with Gasteiger partial charge >= 0.3 is 0 Å². The van der Waals surface area contributed by atoms with Gasteiger partial charge in [-0.25, -0.2) is 0 Å². The Hall–Kier alpha value is -7.94. The molecule has 330 valence electrons. The van der Waals surface area contributed by atoms with Crippen molar-refractivity contribution in [3.05, 3.63) is 252 Å². The lowest BCUT2D eigenvalue weighted by Crippen LogP contribution is -2.17. The van der Waals surface area contributed by atoms with Gasteiger partial charge in [0.2, 0.25) is 0 Å². The van der Waals surface area contributed by atoms with E-state index in [0.29, 0.717) is 0 Å². The molecule has 2 heteroatoms. The molecule has 0 saturated carbocycles. The fourth-order valence-electron chi connectivity index (χ4n) is 11.0. The molecule has 0 amide bonds. The molecular formula is C66H56N2. The molecule has 0 unspecified atom stereocenters. The molecule has 0 aromatic heterocycles. The van der Waals surface area contributed by atoms with Gasteiger partial charge in [-0.3, -0.25) is 0 Å². The third-order valence-electron chi connectivity index (χ3n) is 14.4. The van der Waals surface area contributed by atoms with Gasteiger partial charge in [0.05, 0.1) is 0 Å². The third kappa shape index (κ3) is 7.38. The Morgan fingerprint density at radius 2 is 0.662 bits per heavy atom. The zero-order chi connectivity index (χ0) is 46.6. The molecule has 0 saturated heterocycles. The predicted octanol–water partition coefficient (Wildman–Crippen LogP) is 18.6. The number of hydrogen-bond donors (Lipinski definition) is 0. The highest BCUT2D eigenvalue weighted by Crippen LogP contribution is 2.53. The zero-order valence-corrected chi connectivity index (χ0v) is 39.8. The largest absolute Gasteiger partial charge is 0.310 e. The first-order valence-corrected chi connectivity index (χ1v) is 24.0. The molecule has 11 rings (SSSR count). The maximum absolute atomic E-state index is 2.43. The lowest BCUT2D eigenvalue weighted by molar-refractivity contribution is 0.660. The smallest absolute Gasteiger partial charge is 0.0482 e. The lowest BCUT2D eigenvalue weighted by atomic mass is 9.82. The highest BCUT2D eigenvalue weighted by molar-refractivity contribution is 5.90. The summed E-state index contributed by atoms with van der Waals surface area (Å²) in [4.78, 5) is 4.87. The van der Waals surface area contributed by atoms with Crippen molar-refractivity contribution < 1.29 is 0 Å². The summed E-state index contributed by atoms with van der Waals surface area (Å²) in [7, 11) is 0. The molecular weight excluding hydrogens is 821 g/mol. The van der Waals surface area contributed by atoms with Crippen LogP contribution in [0.15, 0.2) is 218 Å². The summed E-state index contributed by atoms with van der Waals surface area (Å²) in [5.41, 5.74) is 24.2. The van der Waals surface area contributed by atoms with E-state index in [9.17, 15) is 0 Å². The van der Waals surface area contributed by atoms with E-state index in [0.717, 1.165) is 34.1 Å². The molecule has 2 nitrogen and oxygen atoms in total. The highest BCUT2D eigenvalue weighted by atomic mass is 15.2.